The lowest BCUT2D eigenvalue weighted by molar-refractivity contribution is -0.125. The summed E-state index contributed by atoms with van der Waals surface area (Å²) >= 11 is 0.857. The van der Waals surface area contributed by atoms with E-state index >= 15 is 0 Å². The lowest BCUT2D eigenvalue weighted by Gasteiger charge is -2.18. The monoisotopic (exact) mass is 498 g/mol. The Kier molecular flexibility index (Phi) is 9.19. The molecular formula is C26H30N2O6S. The van der Waals surface area contributed by atoms with Crippen LogP contribution in [0, 0.1) is 0 Å². The summed E-state index contributed by atoms with van der Waals surface area (Å²) in [7, 11) is 4.52. The number of hydrogen-bond donors (Lipinski definition) is 1. The number of benzene rings is 2. The van der Waals surface area contributed by atoms with Crippen molar-refractivity contribution in [2.45, 2.75) is 25.7 Å². The van der Waals surface area contributed by atoms with Crippen LogP contribution in [0.4, 0.5) is 4.79 Å². The molecule has 2 aromatic rings. The van der Waals surface area contributed by atoms with Gasteiger partial charge in [0.05, 0.1) is 32.2 Å². The van der Waals surface area contributed by atoms with Gasteiger partial charge in [0, 0.05) is 13.1 Å². The molecule has 0 radical (unpaired) electrons. The van der Waals surface area contributed by atoms with E-state index in [0.29, 0.717) is 22.8 Å². The summed E-state index contributed by atoms with van der Waals surface area (Å²) in [6.07, 6.45) is 3.19. The standard InChI is InChI=1S/C26H30N2O6S/c1-5-9-19(18-10-7-6-8-11-18)24(29)27-12-13-28-25(30)22(35-26(28)31)16-17-14-20(32-2)23(34-4)21(15-17)33-3/h6-8,10-11,14-16,19H,5,9,12-13H2,1-4H3,(H,27,29)/b22-16-. The zero-order valence-electron chi connectivity index (χ0n) is 20.3. The molecule has 3 amide bonds. The maximum Gasteiger partial charge on any atom is 0.293 e. The van der Waals surface area contributed by atoms with Crippen molar-refractivity contribution in [3.05, 3.63) is 58.5 Å². The molecule has 8 nitrogen and oxygen atoms in total. The van der Waals surface area contributed by atoms with E-state index in [1.54, 1.807) is 18.2 Å². The largest absolute Gasteiger partial charge is 0.493 e. The molecule has 3 rings (SSSR count). The molecule has 0 spiro atoms. The molecule has 35 heavy (non-hydrogen) atoms. The van der Waals surface area contributed by atoms with Crippen LogP contribution in [0.1, 0.15) is 36.8 Å². The summed E-state index contributed by atoms with van der Waals surface area (Å²) in [4.78, 5) is 39.6. The molecule has 1 aliphatic rings. The highest BCUT2D eigenvalue weighted by Crippen LogP contribution is 2.40. The van der Waals surface area contributed by atoms with E-state index in [4.69, 9.17) is 14.2 Å². The molecular weight excluding hydrogens is 468 g/mol. The smallest absolute Gasteiger partial charge is 0.293 e. The Hall–Kier alpha value is -3.46. The SMILES string of the molecule is CCCC(C(=O)NCCN1C(=O)S/C(=C\c2cc(OC)c(OC)c(OC)c2)C1=O)c1ccccc1. The number of carbonyl (C=O) groups is 3. The van der Waals surface area contributed by atoms with E-state index in [-0.39, 0.29) is 35.1 Å². The van der Waals surface area contributed by atoms with Crippen molar-refractivity contribution in [2.75, 3.05) is 34.4 Å². The highest BCUT2D eigenvalue weighted by atomic mass is 32.2. The van der Waals surface area contributed by atoms with E-state index < -0.39 is 5.91 Å². The Labute approximate surface area is 209 Å². The van der Waals surface area contributed by atoms with Gasteiger partial charge in [0.1, 0.15) is 0 Å². The van der Waals surface area contributed by atoms with Gasteiger partial charge in [-0.05, 0) is 47.5 Å². The predicted octanol–water partition coefficient (Wildman–Crippen LogP) is 4.45. The summed E-state index contributed by atoms with van der Waals surface area (Å²) in [6.45, 7) is 2.31. The molecule has 0 aromatic heterocycles. The van der Waals surface area contributed by atoms with Crippen molar-refractivity contribution in [3.8, 4) is 17.2 Å². The van der Waals surface area contributed by atoms with Crippen LogP contribution in [0.3, 0.4) is 0 Å². The van der Waals surface area contributed by atoms with Crippen molar-refractivity contribution in [1.29, 1.82) is 0 Å². The van der Waals surface area contributed by atoms with Crippen molar-refractivity contribution in [2.24, 2.45) is 0 Å². The number of imide groups is 1. The summed E-state index contributed by atoms with van der Waals surface area (Å²) in [5.41, 5.74) is 1.58. The molecule has 186 valence electrons. The third-order valence-electron chi connectivity index (χ3n) is 5.59. The Morgan fingerprint density at radius 1 is 1.06 bits per heavy atom. The molecule has 1 heterocycles. The second kappa shape index (κ2) is 12.3. The predicted molar refractivity (Wildman–Crippen MR) is 136 cm³/mol. The number of nitrogens with one attached hydrogen (secondary N) is 1. The average molecular weight is 499 g/mol. The number of thioether (sulfide) groups is 1. The number of hydrogen-bond acceptors (Lipinski definition) is 7. The van der Waals surface area contributed by atoms with Crippen LogP contribution in [-0.4, -0.2) is 56.4 Å². The number of carbonyl (C=O) groups excluding carboxylic acids is 3. The van der Waals surface area contributed by atoms with Crippen LogP contribution in [0.2, 0.25) is 0 Å². The molecule has 0 aliphatic carbocycles. The van der Waals surface area contributed by atoms with Crippen LogP contribution >= 0.6 is 11.8 Å². The number of rotatable bonds is 11. The normalized spacial score (nSPS) is 15.3. The van der Waals surface area contributed by atoms with Gasteiger partial charge in [-0.15, -0.1) is 0 Å². The Morgan fingerprint density at radius 2 is 1.71 bits per heavy atom. The molecule has 9 heteroatoms. The summed E-state index contributed by atoms with van der Waals surface area (Å²) in [5, 5.41) is 2.50. The van der Waals surface area contributed by atoms with Crippen LogP contribution in [0.5, 0.6) is 17.2 Å². The van der Waals surface area contributed by atoms with E-state index in [9.17, 15) is 14.4 Å². The third-order valence-corrected chi connectivity index (χ3v) is 6.50. The van der Waals surface area contributed by atoms with Crippen molar-refractivity contribution < 1.29 is 28.6 Å². The van der Waals surface area contributed by atoms with Crippen LogP contribution < -0.4 is 19.5 Å². The number of ether oxygens (including phenoxy) is 3. The first kappa shape index (κ1) is 26.2. The molecule has 1 atom stereocenters. The fourth-order valence-corrected chi connectivity index (χ4v) is 4.73. The topological polar surface area (TPSA) is 94.2 Å². The highest BCUT2D eigenvalue weighted by Gasteiger charge is 2.35. The van der Waals surface area contributed by atoms with Crippen molar-refractivity contribution >= 4 is 34.9 Å². The van der Waals surface area contributed by atoms with Crippen molar-refractivity contribution in [1.82, 2.24) is 10.2 Å². The molecule has 1 N–H and O–H groups in total. The van der Waals surface area contributed by atoms with Crippen molar-refractivity contribution in [3.63, 3.8) is 0 Å². The van der Waals surface area contributed by atoms with Gasteiger partial charge in [-0.3, -0.25) is 19.3 Å². The van der Waals surface area contributed by atoms with E-state index in [0.717, 1.165) is 35.1 Å². The van der Waals surface area contributed by atoms with Gasteiger partial charge < -0.3 is 19.5 Å². The molecule has 2 aromatic carbocycles. The maximum absolute atomic E-state index is 12.9. The second-order valence-electron chi connectivity index (χ2n) is 7.83. The molecule has 1 aliphatic heterocycles. The first-order chi connectivity index (χ1) is 16.9. The van der Waals surface area contributed by atoms with E-state index in [1.807, 2.05) is 37.3 Å². The Balaban J connectivity index is 1.67. The summed E-state index contributed by atoms with van der Waals surface area (Å²) < 4.78 is 16.0. The third kappa shape index (κ3) is 6.16. The number of nitrogens with zero attached hydrogens (tertiary/aromatic N) is 1. The minimum atomic E-state index is -0.406. The minimum Gasteiger partial charge on any atom is -0.493 e. The number of methoxy groups -OCH3 is 3. The van der Waals surface area contributed by atoms with Gasteiger partial charge in [0.2, 0.25) is 11.7 Å². The zero-order chi connectivity index (χ0) is 25.4. The van der Waals surface area contributed by atoms with Crippen LogP contribution in [-0.2, 0) is 9.59 Å². The fourth-order valence-electron chi connectivity index (χ4n) is 3.87. The quantitative estimate of drug-likeness (QED) is 0.458. The maximum atomic E-state index is 12.9. The van der Waals surface area contributed by atoms with Gasteiger partial charge in [0.15, 0.2) is 11.5 Å². The first-order valence-corrected chi connectivity index (χ1v) is 12.1. The number of amides is 3. The van der Waals surface area contributed by atoms with Gasteiger partial charge in [-0.25, -0.2) is 0 Å². The Morgan fingerprint density at radius 3 is 2.29 bits per heavy atom. The molecule has 0 bridgehead atoms. The lowest BCUT2D eigenvalue weighted by Crippen LogP contribution is -2.39. The lowest BCUT2D eigenvalue weighted by atomic mass is 9.94. The average Bonchev–Trinajstić information content (AvgIpc) is 3.14. The molecule has 1 saturated heterocycles. The van der Waals surface area contributed by atoms with Gasteiger partial charge >= 0.3 is 0 Å². The van der Waals surface area contributed by atoms with Crippen LogP contribution in [0.25, 0.3) is 6.08 Å². The second-order valence-corrected chi connectivity index (χ2v) is 8.83. The van der Waals surface area contributed by atoms with E-state index in [2.05, 4.69) is 5.32 Å². The molecule has 1 fully saturated rings. The van der Waals surface area contributed by atoms with Gasteiger partial charge in [-0.1, -0.05) is 43.7 Å². The molecule has 0 saturated carbocycles. The minimum absolute atomic E-state index is 0.0939. The highest BCUT2D eigenvalue weighted by molar-refractivity contribution is 8.18. The van der Waals surface area contributed by atoms with Gasteiger partial charge in [0.25, 0.3) is 11.1 Å². The van der Waals surface area contributed by atoms with E-state index in [1.165, 1.54) is 21.3 Å². The molecule has 1 unspecified atom stereocenters. The van der Waals surface area contributed by atoms with Crippen LogP contribution in [0.15, 0.2) is 47.4 Å². The van der Waals surface area contributed by atoms with Gasteiger partial charge in [-0.2, -0.15) is 0 Å². The summed E-state index contributed by atoms with van der Waals surface area (Å²) in [6, 6.07) is 13.0. The fraction of sp³-hybridized carbons (Fsp3) is 0.346. The Bertz CT molecular complexity index is 1080. The summed E-state index contributed by atoms with van der Waals surface area (Å²) in [5.74, 6) is 0.540. The first-order valence-electron chi connectivity index (χ1n) is 11.3. The zero-order valence-corrected chi connectivity index (χ0v) is 21.1.